The molecule has 0 radical (unpaired) electrons. The molecule has 114 valence electrons. The minimum absolute atomic E-state index is 0.0768. The number of rotatable bonds is 3. The maximum Gasteiger partial charge on any atom is 0.325 e. The maximum atomic E-state index is 13.2. The Morgan fingerprint density at radius 2 is 2.38 bits per heavy atom. The highest BCUT2D eigenvalue weighted by Gasteiger charge is 2.34. The normalized spacial score (nSPS) is 25.2. The van der Waals surface area contributed by atoms with Crippen molar-refractivity contribution < 1.29 is 23.4 Å². The van der Waals surface area contributed by atoms with Crippen LogP contribution in [0.4, 0.5) is 4.39 Å². The van der Waals surface area contributed by atoms with Crippen LogP contribution in [0.25, 0.3) is 0 Å². The van der Waals surface area contributed by atoms with Crippen LogP contribution in [0.15, 0.2) is 18.2 Å². The average Bonchev–Trinajstić information content (AvgIpc) is 2.88. The van der Waals surface area contributed by atoms with Crippen molar-refractivity contribution in [3.63, 3.8) is 0 Å². The molecule has 1 saturated heterocycles. The molecule has 5 nitrogen and oxygen atoms in total. The smallest absolute Gasteiger partial charge is 0.325 e. The van der Waals surface area contributed by atoms with Crippen molar-refractivity contribution in [3.05, 3.63) is 29.6 Å². The zero-order valence-corrected chi connectivity index (χ0v) is 11.9. The molecule has 0 bridgehead atoms. The molecule has 2 unspecified atom stereocenters. The number of halogens is 1. The van der Waals surface area contributed by atoms with Crippen molar-refractivity contribution in [3.8, 4) is 5.75 Å². The summed E-state index contributed by atoms with van der Waals surface area (Å²) >= 11 is 0. The molecule has 0 saturated carbocycles. The van der Waals surface area contributed by atoms with E-state index in [0.29, 0.717) is 32.7 Å². The number of morpholine rings is 1. The van der Waals surface area contributed by atoms with E-state index in [9.17, 15) is 9.18 Å². The van der Waals surface area contributed by atoms with E-state index in [-0.39, 0.29) is 17.9 Å². The predicted molar refractivity (Wildman–Crippen MR) is 72.7 cm³/mol. The first-order chi connectivity index (χ1) is 10.2. The fourth-order valence-electron chi connectivity index (χ4n) is 2.86. The van der Waals surface area contributed by atoms with Gasteiger partial charge in [-0.25, -0.2) is 4.39 Å². The van der Waals surface area contributed by atoms with E-state index in [1.54, 1.807) is 6.07 Å². The fraction of sp³-hybridized carbons (Fsp3) is 0.533. The van der Waals surface area contributed by atoms with Gasteiger partial charge in [0.1, 0.15) is 23.7 Å². The van der Waals surface area contributed by atoms with Gasteiger partial charge in [-0.15, -0.1) is 0 Å². The second kappa shape index (κ2) is 5.99. The molecule has 2 aliphatic rings. The summed E-state index contributed by atoms with van der Waals surface area (Å²) in [6, 6.07) is 4.16. The lowest BCUT2D eigenvalue weighted by molar-refractivity contribution is -0.153. The van der Waals surface area contributed by atoms with Crippen molar-refractivity contribution in [2.24, 2.45) is 0 Å². The standard InChI is InChI=1S/C15H18FNO4/c1-19-15(18)13-9-20-5-4-17(13)8-12-7-10-6-11(16)2-3-14(10)21-12/h2-3,6,12-13H,4-5,7-9H2,1H3. The third-order valence-electron chi connectivity index (χ3n) is 3.91. The maximum absolute atomic E-state index is 13.2. The van der Waals surface area contributed by atoms with Gasteiger partial charge >= 0.3 is 5.97 Å². The topological polar surface area (TPSA) is 48.0 Å². The Kier molecular flexibility index (Phi) is 4.07. The van der Waals surface area contributed by atoms with Crippen molar-refractivity contribution in [2.45, 2.75) is 18.6 Å². The van der Waals surface area contributed by atoms with Gasteiger partial charge in [-0.1, -0.05) is 0 Å². The second-order valence-corrected chi connectivity index (χ2v) is 5.30. The molecule has 1 fully saturated rings. The van der Waals surface area contributed by atoms with Gasteiger partial charge in [-0.05, 0) is 18.2 Å². The molecule has 1 aromatic rings. The number of hydrogen-bond acceptors (Lipinski definition) is 5. The van der Waals surface area contributed by atoms with Crippen LogP contribution >= 0.6 is 0 Å². The number of carbonyl (C=O) groups is 1. The van der Waals surface area contributed by atoms with Gasteiger partial charge in [-0.3, -0.25) is 9.69 Å². The summed E-state index contributed by atoms with van der Waals surface area (Å²) in [6.07, 6.45) is 0.574. The molecular weight excluding hydrogens is 277 g/mol. The molecule has 0 spiro atoms. The summed E-state index contributed by atoms with van der Waals surface area (Å²) in [7, 11) is 1.37. The first-order valence-corrected chi connectivity index (χ1v) is 7.02. The van der Waals surface area contributed by atoms with Gasteiger partial charge in [-0.2, -0.15) is 0 Å². The molecule has 1 aromatic carbocycles. The third-order valence-corrected chi connectivity index (χ3v) is 3.91. The molecule has 3 rings (SSSR count). The Bertz CT molecular complexity index is 536. The van der Waals surface area contributed by atoms with E-state index in [1.807, 2.05) is 4.90 Å². The number of benzene rings is 1. The lowest BCUT2D eigenvalue weighted by Gasteiger charge is -2.34. The minimum Gasteiger partial charge on any atom is -0.488 e. The van der Waals surface area contributed by atoms with Crippen molar-refractivity contribution in [1.29, 1.82) is 0 Å². The van der Waals surface area contributed by atoms with Gasteiger partial charge in [0, 0.05) is 25.1 Å². The Balaban J connectivity index is 1.65. The van der Waals surface area contributed by atoms with Crippen LogP contribution in [-0.4, -0.2) is 56.4 Å². The highest BCUT2D eigenvalue weighted by Crippen LogP contribution is 2.30. The summed E-state index contributed by atoms with van der Waals surface area (Å²) in [5.74, 6) is 0.178. The largest absolute Gasteiger partial charge is 0.488 e. The second-order valence-electron chi connectivity index (χ2n) is 5.30. The van der Waals surface area contributed by atoms with Crippen LogP contribution in [0.5, 0.6) is 5.75 Å². The summed E-state index contributed by atoms with van der Waals surface area (Å²) in [5, 5.41) is 0. The van der Waals surface area contributed by atoms with E-state index < -0.39 is 6.04 Å². The number of ether oxygens (including phenoxy) is 3. The van der Waals surface area contributed by atoms with Gasteiger partial charge in [0.15, 0.2) is 0 Å². The van der Waals surface area contributed by atoms with Crippen LogP contribution in [0.3, 0.4) is 0 Å². The van der Waals surface area contributed by atoms with E-state index in [4.69, 9.17) is 14.2 Å². The number of hydrogen-bond donors (Lipinski definition) is 0. The van der Waals surface area contributed by atoms with E-state index >= 15 is 0 Å². The molecule has 0 aliphatic carbocycles. The molecule has 2 heterocycles. The van der Waals surface area contributed by atoms with Gasteiger partial charge < -0.3 is 14.2 Å². The highest BCUT2D eigenvalue weighted by atomic mass is 19.1. The number of fused-ring (bicyclic) bond motifs is 1. The van der Waals surface area contributed by atoms with Crippen LogP contribution in [0, 0.1) is 5.82 Å². The fourth-order valence-corrected chi connectivity index (χ4v) is 2.86. The van der Waals surface area contributed by atoms with E-state index in [0.717, 1.165) is 11.3 Å². The molecular formula is C15H18FNO4. The number of esters is 1. The Morgan fingerprint density at radius 1 is 1.52 bits per heavy atom. The zero-order valence-electron chi connectivity index (χ0n) is 11.9. The molecule has 21 heavy (non-hydrogen) atoms. The van der Waals surface area contributed by atoms with Crippen molar-refractivity contribution >= 4 is 5.97 Å². The average molecular weight is 295 g/mol. The molecule has 0 N–H and O–H groups in total. The van der Waals surface area contributed by atoms with E-state index in [1.165, 1.54) is 19.2 Å². The van der Waals surface area contributed by atoms with Crippen LogP contribution < -0.4 is 4.74 Å². The van der Waals surface area contributed by atoms with Gasteiger partial charge in [0.05, 0.1) is 20.3 Å². The third kappa shape index (κ3) is 3.01. The summed E-state index contributed by atoms with van der Waals surface area (Å²) in [4.78, 5) is 13.8. The Hall–Kier alpha value is -1.66. The SMILES string of the molecule is COC(=O)C1COCCN1CC1Cc2cc(F)ccc2O1. The summed E-state index contributed by atoms with van der Waals surface area (Å²) in [5.41, 5.74) is 0.878. The molecule has 0 amide bonds. The molecule has 2 atom stereocenters. The zero-order chi connectivity index (χ0) is 14.8. The molecule has 6 heteroatoms. The molecule has 2 aliphatic heterocycles. The quantitative estimate of drug-likeness (QED) is 0.779. The van der Waals surface area contributed by atoms with Gasteiger partial charge in [0.25, 0.3) is 0 Å². The van der Waals surface area contributed by atoms with Crippen LogP contribution in [-0.2, 0) is 20.7 Å². The Morgan fingerprint density at radius 3 is 3.19 bits per heavy atom. The number of carbonyl (C=O) groups excluding carboxylic acids is 1. The minimum atomic E-state index is -0.396. The summed E-state index contributed by atoms with van der Waals surface area (Å²) in [6.45, 7) is 2.17. The molecule has 0 aromatic heterocycles. The predicted octanol–water partition coefficient (Wildman–Crippen LogP) is 1.00. The lowest BCUT2D eigenvalue weighted by atomic mass is 10.1. The van der Waals surface area contributed by atoms with Crippen molar-refractivity contribution in [2.75, 3.05) is 33.4 Å². The van der Waals surface area contributed by atoms with Crippen LogP contribution in [0.2, 0.25) is 0 Å². The van der Waals surface area contributed by atoms with Crippen molar-refractivity contribution in [1.82, 2.24) is 4.90 Å². The lowest BCUT2D eigenvalue weighted by Crippen LogP contribution is -2.53. The number of methoxy groups -OCH3 is 1. The van der Waals surface area contributed by atoms with Gasteiger partial charge in [0.2, 0.25) is 0 Å². The first kappa shape index (κ1) is 14.3. The first-order valence-electron chi connectivity index (χ1n) is 7.02. The van der Waals surface area contributed by atoms with Crippen LogP contribution in [0.1, 0.15) is 5.56 Å². The summed E-state index contributed by atoms with van der Waals surface area (Å²) < 4.78 is 29.2. The van der Waals surface area contributed by atoms with E-state index in [2.05, 4.69) is 0 Å². The highest BCUT2D eigenvalue weighted by molar-refractivity contribution is 5.75. The number of nitrogens with zero attached hydrogens (tertiary/aromatic N) is 1. The Labute approximate surface area is 122 Å². The monoisotopic (exact) mass is 295 g/mol.